The number of carbonyl (C=O) groups excluding carboxylic acids is 1. The predicted octanol–water partition coefficient (Wildman–Crippen LogP) is 2.78. The normalized spacial score (nSPS) is 23.0. The summed E-state index contributed by atoms with van der Waals surface area (Å²) in [5.74, 6) is 0.0963. The van der Waals surface area contributed by atoms with E-state index in [1.54, 1.807) is 24.3 Å². The number of benzene rings is 2. The Bertz CT molecular complexity index is 845. The number of hydrogen-bond donors (Lipinski definition) is 2. The monoisotopic (exact) mass is 351 g/mol. The molecule has 0 radical (unpaired) electrons. The first kappa shape index (κ1) is 16.6. The zero-order valence-corrected chi connectivity index (χ0v) is 14.4. The fourth-order valence-electron chi connectivity index (χ4n) is 3.97. The molecule has 134 valence electrons. The molecule has 26 heavy (non-hydrogen) atoms. The van der Waals surface area contributed by atoms with E-state index < -0.39 is 5.97 Å². The van der Waals surface area contributed by atoms with Gasteiger partial charge in [-0.15, -0.1) is 0 Å². The molecule has 2 N–H and O–H groups in total. The van der Waals surface area contributed by atoms with Crippen molar-refractivity contribution in [3.8, 4) is 5.75 Å². The van der Waals surface area contributed by atoms with E-state index in [-0.39, 0.29) is 22.8 Å². The summed E-state index contributed by atoms with van der Waals surface area (Å²) in [5, 5.41) is 12.0. The molecule has 0 saturated heterocycles. The fraction of sp³-hybridized carbons (Fsp3) is 0.333. The molecule has 2 aromatic carbocycles. The largest absolute Gasteiger partial charge is 0.493 e. The number of carboxylic acids is 1. The third-order valence-electron chi connectivity index (χ3n) is 5.53. The van der Waals surface area contributed by atoms with Crippen molar-refractivity contribution in [1.29, 1.82) is 0 Å². The minimum atomic E-state index is -0.930. The molecule has 2 atom stereocenters. The third kappa shape index (κ3) is 2.94. The van der Waals surface area contributed by atoms with Gasteiger partial charge in [-0.2, -0.15) is 0 Å². The van der Waals surface area contributed by atoms with Crippen LogP contribution in [0.4, 0.5) is 0 Å². The second kappa shape index (κ2) is 6.48. The van der Waals surface area contributed by atoms with Crippen LogP contribution in [-0.2, 0) is 16.6 Å². The molecule has 4 rings (SSSR count). The van der Waals surface area contributed by atoms with Crippen molar-refractivity contribution < 1.29 is 19.4 Å². The maximum atomic E-state index is 12.6. The Hall–Kier alpha value is -2.82. The molecule has 5 nitrogen and oxygen atoms in total. The number of hydrogen-bond acceptors (Lipinski definition) is 3. The van der Waals surface area contributed by atoms with Crippen LogP contribution in [0.15, 0.2) is 48.5 Å². The summed E-state index contributed by atoms with van der Waals surface area (Å²) in [6.45, 7) is 1.21. The predicted molar refractivity (Wildman–Crippen MR) is 96.5 cm³/mol. The highest BCUT2D eigenvalue weighted by Crippen LogP contribution is 2.60. The Morgan fingerprint density at radius 1 is 1.15 bits per heavy atom. The summed E-state index contributed by atoms with van der Waals surface area (Å²) in [6, 6.07) is 14.8. The van der Waals surface area contributed by atoms with E-state index in [0.717, 1.165) is 29.7 Å². The first-order chi connectivity index (χ1) is 12.6. The third-order valence-corrected chi connectivity index (χ3v) is 5.53. The van der Waals surface area contributed by atoms with Gasteiger partial charge in [0.25, 0.3) is 0 Å². The van der Waals surface area contributed by atoms with Crippen LogP contribution in [0.25, 0.3) is 0 Å². The number of carbonyl (C=O) groups is 2. The van der Waals surface area contributed by atoms with Gasteiger partial charge in [-0.25, -0.2) is 4.79 Å². The van der Waals surface area contributed by atoms with E-state index in [9.17, 15) is 9.59 Å². The molecular weight excluding hydrogens is 330 g/mol. The van der Waals surface area contributed by atoms with Crippen molar-refractivity contribution in [3.63, 3.8) is 0 Å². The first-order valence-corrected chi connectivity index (χ1v) is 8.92. The van der Waals surface area contributed by atoms with E-state index in [4.69, 9.17) is 9.84 Å². The standard InChI is InChI=1S/C21H21NO4/c23-19(22-11-9-14-5-7-15(8-6-14)20(24)25)17-13-21(17)10-12-26-18-4-2-1-3-16(18)21/h1-8,17H,9-13H2,(H,22,23)(H,24,25)/t17-,21-/m0/s1. The number of fused-ring (bicyclic) bond motifs is 2. The minimum Gasteiger partial charge on any atom is -0.493 e. The Kier molecular flexibility index (Phi) is 4.15. The van der Waals surface area contributed by atoms with Crippen molar-refractivity contribution in [1.82, 2.24) is 5.32 Å². The van der Waals surface area contributed by atoms with E-state index in [2.05, 4.69) is 11.4 Å². The summed E-state index contributed by atoms with van der Waals surface area (Å²) >= 11 is 0. The lowest BCUT2D eigenvalue weighted by Crippen LogP contribution is -2.32. The van der Waals surface area contributed by atoms with Gasteiger partial charge in [0.05, 0.1) is 12.2 Å². The van der Waals surface area contributed by atoms with Crippen molar-refractivity contribution in [2.24, 2.45) is 5.92 Å². The van der Waals surface area contributed by atoms with Crippen LogP contribution in [0.2, 0.25) is 0 Å². The smallest absolute Gasteiger partial charge is 0.335 e. The molecule has 5 heteroatoms. The maximum Gasteiger partial charge on any atom is 0.335 e. The fourth-order valence-corrected chi connectivity index (χ4v) is 3.97. The second-order valence-corrected chi connectivity index (χ2v) is 7.05. The average molecular weight is 351 g/mol. The Morgan fingerprint density at radius 2 is 1.92 bits per heavy atom. The van der Waals surface area contributed by atoms with Crippen LogP contribution in [0.3, 0.4) is 0 Å². The molecule has 0 unspecified atom stereocenters. The summed E-state index contributed by atoms with van der Waals surface area (Å²) in [5.41, 5.74) is 2.39. The van der Waals surface area contributed by atoms with Crippen LogP contribution in [0.5, 0.6) is 5.75 Å². The lowest BCUT2D eigenvalue weighted by Gasteiger charge is -2.26. The highest BCUT2D eigenvalue weighted by Gasteiger charge is 2.60. The van der Waals surface area contributed by atoms with E-state index in [1.807, 2.05) is 18.2 Å². The molecule has 0 aromatic heterocycles. The lowest BCUT2D eigenvalue weighted by molar-refractivity contribution is -0.122. The topological polar surface area (TPSA) is 75.6 Å². The van der Waals surface area contributed by atoms with Crippen LogP contribution in [0.1, 0.15) is 34.3 Å². The lowest BCUT2D eigenvalue weighted by atomic mass is 9.87. The van der Waals surface area contributed by atoms with Crippen molar-refractivity contribution in [3.05, 3.63) is 65.2 Å². The van der Waals surface area contributed by atoms with Gasteiger partial charge in [0.1, 0.15) is 5.75 Å². The highest BCUT2D eigenvalue weighted by molar-refractivity contribution is 5.87. The van der Waals surface area contributed by atoms with Crippen molar-refractivity contribution in [2.75, 3.05) is 13.2 Å². The molecule has 1 spiro atoms. The molecule has 1 fully saturated rings. The van der Waals surface area contributed by atoms with Gasteiger partial charge in [0.15, 0.2) is 0 Å². The molecule has 1 aliphatic heterocycles. The number of para-hydroxylation sites is 1. The number of rotatable bonds is 5. The number of carboxylic acid groups (broad SMARTS) is 1. The Balaban J connectivity index is 1.34. The quantitative estimate of drug-likeness (QED) is 0.869. The van der Waals surface area contributed by atoms with Crippen LogP contribution < -0.4 is 10.1 Å². The number of ether oxygens (including phenoxy) is 1. The molecule has 1 heterocycles. The van der Waals surface area contributed by atoms with E-state index >= 15 is 0 Å². The molecule has 1 saturated carbocycles. The summed E-state index contributed by atoms with van der Waals surface area (Å²) in [6.07, 6.45) is 2.45. The Labute approximate surface area is 152 Å². The van der Waals surface area contributed by atoms with E-state index in [1.165, 1.54) is 0 Å². The van der Waals surface area contributed by atoms with Crippen LogP contribution in [-0.4, -0.2) is 30.1 Å². The molecular formula is C21H21NO4. The number of aromatic carboxylic acids is 1. The summed E-state index contributed by atoms with van der Waals surface area (Å²) in [4.78, 5) is 23.5. The second-order valence-electron chi connectivity index (χ2n) is 7.05. The van der Waals surface area contributed by atoms with Gasteiger partial charge >= 0.3 is 5.97 Å². The van der Waals surface area contributed by atoms with Gasteiger partial charge < -0.3 is 15.2 Å². The van der Waals surface area contributed by atoms with Gasteiger partial charge in [0, 0.05) is 23.4 Å². The minimum absolute atomic E-state index is 0.0157. The Morgan fingerprint density at radius 3 is 2.69 bits per heavy atom. The molecule has 1 amide bonds. The van der Waals surface area contributed by atoms with Gasteiger partial charge in [-0.1, -0.05) is 30.3 Å². The zero-order chi connectivity index (χ0) is 18.1. The average Bonchev–Trinajstić information content (AvgIpc) is 3.37. The van der Waals surface area contributed by atoms with Gasteiger partial charge in [0.2, 0.25) is 5.91 Å². The molecule has 0 bridgehead atoms. The summed E-state index contributed by atoms with van der Waals surface area (Å²) in [7, 11) is 0. The molecule has 2 aliphatic rings. The number of nitrogens with one attached hydrogen (secondary N) is 1. The molecule has 2 aromatic rings. The molecule has 1 aliphatic carbocycles. The number of amides is 1. The first-order valence-electron chi connectivity index (χ1n) is 8.92. The van der Waals surface area contributed by atoms with Gasteiger partial charge in [-0.05, 0) is 43.0 Å². The summed E-state index contributed by atoms with van der Waals surface area (Å²) < 4.78 is 5.72. The van der Waals surface area contributed by atoms with Crippen LogP contribution >= 0.6 is 0 Å². The SMILES string of the molecule is O=C(O)c1ccc(CCNC(=O)[C@@H]2C[C@]23CCOc2ccccc23)cc1. The van der Waals surface area contributed by atoms with Crippen molar-refractivity contribution in [2.45, 2.75) is 24.7 Å². The highest BCUT2D eigenvalue weighted by atomic mass is 16.5. The zero-order valence-electron chi connectivity index (χ0n) is 14.4. The van der Waals surface area contributed by atoms with E-state index in [0.29, 0.717) is 19.6 Å². The maximum absolute atomic E-state index is 12.6. The van der Waals surface area contributed by atoms with Crippen molar-refractivity contribution >= 4 is 11.9 Å². The van der Waals surface area contributed by atoms with Crippen LogP contribution in [0, 0.1) is 5.92 Å². The van der Waals surface area contributed by atoms with Gasteiger partial charge in [-0.3, -0.25) is 4.79 Å².